The van der Waals surface area contributed by atoms with Crippen molar-refractivity contribution in [3.8, 4) is 0 Å². The fraction of sp³-hybridized carbons (Fsp3) is 0.800. The van der Waals surface area contributed by atoms with Crippen LogP contribution in [0.5, 0.6) is 0 Å². The lowest BCUT2D eigenvalue weighted by Gasteiger charge is -1.90. The number of aromatic amines is 1. The van der Waals surface area contributed by atoms with Gasteiger partial charge in [-0.15, -0.1) is 10.2 Å². The summed E-state index contributed by atoms with van der Waals surface area (Å²) >= 11 is 4.09. The molecule has 0 bridgehead atoms. The predicted molar refractivity (Wildman–Crippen MR) is 41.0 cm³/mol. The van der Waals surface area contributed by atoms with Crippen LogP contribution < -0.4 is 0 Å². The molecule has 10 heavy (non-hydrogen) atoms. The lowest BCUT2D eigenvalue weighted by atomic mass is 10.2. The molecule has 0 amide bonds. The maximum Gasteiger partial charge on any atom is 0.174 e. The van der Waals surface area contributed by atoms with Gasteiger partial charge in [-0.05, 0) is 18.6 Å². The fourth-order valence-electron chi connectivity index (χ4n) is 0.683. The predicted octanol–water partition coefficient (Wildman–Crippen LogP) is 0.452. The first-order chi connectivity index (χ1) is 4.93. The van der Waals surface area contributed by atoms with Crippen LogP contribution in [-0.4, -0.2) is 26.4 Å². The third kappa shape index (κ3) is 2.34. The summed E-state index contributed by atoms with van der Waals surface area (Å²) in [5.74, 6) is 1.72. The highest BCUT2D eigenvalue weighted by molar-refractivity contribution is 7.80. The Morgan fingerprint density at radius 3 is 2.90 bits per heavy atom. The average Bonchev–Trinajstić information content (AvgIpc) is 2.41. The van der Waals surface area contributed by atoms with Crippen LogP contribution in [0.25, 0.3) is 0 Å². The summed E-state index contributed by atoms with van der Waals surface area (Å²) in [6.07, 6.45) is 3.09. The van der Waals surface area contributed by atoms with Crippen LogP contribution in [0, 0.1) is 0 Å². The molecule has 5 heteroatoms. The summed E-state index contributed by atoms with van der Waals surface area (Å²) in [6.45, 7) is 0. The van der Waals surface area contributed by atoms with Gasteiger partial charge in [0.1, 0.15) is 0 Å². The van der Waals surface area contributed by atoms with Crippen LogP contribution in [0.15, 0.2) is 0 Å². The van der Waals surface area contributed by atoms with Crippen LogP contribution in [0.4, 0.5) is 0 Å². The average molecular weight is 158 g/mol. The summed E-state index contributed by atoms with van der Waals surface area (Å²) in [7, 11) is 0. The standard InChI is InChI=1S/C5H10N4S/c10-4-2-1-3-5-6-8-9-7-5/h10H,1-4H2,(H,6,7,8,9). The van der Waals surface area contributed by atoms with Crippen molar-refractivity contribution >= 4 is 12.6 Å². The van der Waals surface area contributed by atoms with Gasteiger partial charge in [-0.25, -0.2) is 0 Å². The summed E-state index contributed by atoms with van der Waals surface area (Å²) < 4.78 is 0. The zero-order chi connectivity index (χ0) is 7.23. The van der Waals surface area contributed by atoms with E-state index >= 15 is 0 Å². The molecule has 1 heterocycles. The van der Waals surface area contributed by atoms with Gasteiger partial charge in [0.05, 0.1) is 0 Å². The van der Waals surface area contributed by atoms with Crippen molar-refractivity contribution in [1.29, 1.82) is 0 Å². The molecular weight excluding hydrogens is 148 g/mol. The van der Waals surface area contributed by atoms with Gasteiger partial charge in [-0.3, -0.25) is 0 Å². The number of hydrogen-bond acceptors (Lipinski definition) is 4. The third-order valence-electron chi connectivity index (χ3n) is 1.20. The Kier molecular flexibility index (Phi) is 3.21. The highest BCUT2D eigenvalue weighted by Gasteiger charge is 1.95. The Hall–Kier alpha value is -0.580. The molecule has 0 saturated carbocycles. The van der Waals surface area contributed by atoms with Gasteiger partial charge in [-0.2, -0.15) is 17.8 Å². The number of nitrogens with zero attached hydrogens (tertiary/aromatic N) is 3. The number of hydrogen-bond donors (Lipinski definition) is 2. The molecule has 0 aromatic carbocycles. The van der Waals surface area contributed by atoms with E-state index in [1.165, 1.54) is 0 Å². The van der Waals surface area contributed by atoms with Crippen molar-refractivity contribution < 1.29 is 0 Å². The Balaban J connectivity index is 2.15. The van der Waals surface area contributed by atoms with Crippen molar-refractivity contribution in [2.24, 2.45) is 0 Å². The van der Waals surface area contributed by atoms with Gasteiger partial charge in [0.25, 0.3) is 0 Å². The molecule has 0 aliphatic carbocycles. The first-order valence-corrected chi connectivity index (χ1v) is 3.90. The molecule has 0 saturated heterocycles. The number of H-pyrrole nitrogens is 1. The van der Waals surface area contributed by atoms with E-state index in [1.807, 2.05) is 0 Å². The second-order valence-corrected chi connectivity index (χ2v) is 2.46. The number of nitrogens with one attached hydrogen (secondary N) is 1. The summed E-state index contributed by atoms with van der Waals surface area (Å²) in [6, 6.07) is 0. The molecule has 0 unspecified atom stereocenters. The number of tetrazole rings is 1. The van der Waals surface area contributed by atoms with Gasteiger partial charge in [0.15, 0.2) is 5.82 Å². The van der Waals surface area contributed by atoms with Crippen LogP contribution >= 0.6 is 12.6 Å². The zero-order valence-corrected chi connectivity index (χ0v) is 6.51. The molecule has 0 atom stereocenters. The fourth-order valence-corrected chi connectivity index (χ4v) is 0.907. The van der Waals surface area contributed by atoms with Gasteiger partial charge >= 0.3 is 0 Å². The number of thiol groups is 1. The van der Waals surface area contributed by atoms with Crippen molar-refractivity contribution in [1.82, 2.24) is 20.6 Å². The maximum atomic E-state index is 4.09. The normalized spacial score (nSPS) is 10.1. The molecule has 1 aromatic heterocycles. The SMILES string of the molecule is SCCCCc1nn[nH]n1. The molecule has 1 rings (SSSR count). The topological polar surface area (TPSA) is 54.5 Å². The monoisotopic (exact) mass is 158 g/mol. The van der Waals surface area contributed by atoms with Crippen molar-refractivity contribution in [3.05, 3.63) is 5.82 Å². The lowest BCUT2D eigenvalue weighted by Crippen LogP contribution is -1.88. The maximum absolute atomic E-state index is 4.09. The number of aryl methyl sites for hydroxylation is 1. The summed E-state index contributed by atoms with van der Waals surface area (Å²) in [4.78, 5) is 0. The number of rotatable bonds is 4. The molecule has 0 fully saturated rings. The molecule has 0 aliphatic rings. The van der Waals surface area contributed by atoms with Crippen molar-refractivity contribution in [2.45, 2.75) is 19.3 Å². The third-order valence-corrected chi connectivity index (χ3v) is 1.51. The molecule has 1 aromatic rings. The van der Waals surface area contributed by atoms with E-state index in [4.69, 9.17) is 0 Å². The van der Waals surface area contributed by atoms with Crippen LogP contribution in [-0.2, 0) is 6.42 Å². The Labute approximate surface area is 64.8 Å². The molecule has 0 aliphatic heterocycles. The minimum absolute atomic E-state index is 0.793. The smallest absolute Gasteiger partial charge is 0.174 e. The Morgan fingerprint density at radius 1 is 1.40 bits per heavy atom. The summed E-state index contributed by atoms with van der Waals surface area (Å²) in [5.41, 5.74) is 0. The minimum Gasteiger partial charge on any atom is -0.179 e. The Morgan fingerprint density at radius 2 is 2.30 bits per heavy atom. The lowest BCUT2D eigenvalue weighted by molar-refractivity contribution is 0.761. The van der Waals surface area contributed by atoms with E-state index < -0.39 is 0 Å². The van der Waals surface area contributed by atoms with Crippen LogP contribution in [0.3, 0.4) is 0 Å². The van der Waals surface area contributed by atoms with Gasteiger partial charge in [0.2, 0.25) is 0 Å². The largest absolute Gasteiger partial charge is 0.179 e. The second kappa shape index (κ2) is 4.27. The minimum atomic E-state index is 0.793. The molecule has 4 nitrogen and oxygen atoms in total. The first kappa shape index (κ1) is 7.53. The molecular formula is C5H10N4S. The molecule has 0 radical (unpaired) electrons. The highest BCUT2D eigenvalue weighted by atomic mass is 32.1. The second-order valence-electron chi connectivity index (χ2n) is 2.01. The first-order valence-electron chi connectivity index (χ1n) is 3.26. The molecule has 0 spiro atoms. The zero-order valence-electron chi connectivity index (χ0n) is 5.62. The number of unbranched alkanes of at least 4 members (excludes halogenated alkanes) is 1. The van der Waals surface area contributed by atoms with E-state index in [0.717, 1.165) is 30.8 Å². The van der Waals surface area contributed by atoms with Crippen LogP contribution in [0.2, 0.25) is 0 Å². The van der Waals surface area contributed by atoms with E-state index in [9.17, 15) is 0 Å². The number of aromatic nitrogens is 4. The summed E-state index contributed by atoms with van der Waals surface area (Å²) in [5, 5.41) is 13.5. The quantitative estimate of drug-likeness (QED) is 0.494. The van der Waals surface area contributed by atoms with E-state index in [-0.39, 0.29) is 0 Å². The van der Waals surface area contributed by atoms with Gasteiger partial charge in [-0.1, -0.05) is 5.21 Å². The van der Waals surface area contributed by atoms with Crippen molar-refractivity contribution in [3.63, 3.8) is 0 Å². The van der Waals surface area contributed by atoms with Gasteiger partial charge in [0, 0.05) is 6.42 Å². The highest BCUT2D eigenvalue weighted by Crippen LogP contribution is 1.97. The van der Waals surface area contributed by atoms with E-state index in [0.29, 0.717) is 0 Å². The molecule has 56 valence electrons. The van der Waals surface area contributed by atoms with E-state index in [2.05, 4.69) is 33.3 Å². The van der Waals surface area contributed by atoms with Crippen LogP contribution in [0.1, 0.15) is 18.7 Å². The molecule has 1 N–H and O–H groups in total. The van der Waals surface area contributed by atoms with Crippen molar-refractivity contribution in [2.75, 3.05) is 5.75 Å². The Bertz CT molecular complexity index is 162. The van der Waals surface area contributed by atoms with Gasteiger partial charge < -0.3 is 0 Å². The van der Waals surface area contributed by atoms with E-state index in [1.54, 1.807) is 0 Å².